The average Bonchev–Trinajstić information content (AvgIpc) is 0.684. The molecule has 0 atom stereocenters. The molecule has 17 rings (SSSR count). The van der Waals surface area contributed by atoms with Crippen LogP contribution in [-0.4, -0.2) is 6.71 Å². The zero-order valence-electron chi connectivity index (χ0n) is 71.3. The van der Waals surface area contributed by atoms with Gasteiger partial charge in [-0.05, 0) is 228 Å². The van der Waals surface area contributed by atoms with E-state index in [2.05, 4.69) is 456 Å². The van der Waals surface area contributed by atoms with Gasteiger partial charge in [-0.2, -0.15) is 0 Å². The lowest BCUT2D eigenvalue weighted by Gasteiger charge is -2.46. The molecule has 3 heterocycles. The van der Waals surface area contributed by atoms with E-state index in [1.807, 2.05) is 0 Å². The van der Waals surface area contributed by atoms with Gasteiger partial charge in [0.25, 0.3) is 6.71 Å². The fourth-order valence-corrected chi connectivity index (χ4v) is 18.0. The van der Waals surface area contributed by atoms with Crippen LogP contribution in [0.15, 0.2) is 303 Å². The van der Waals surface area contributed by atoms with Gasteiger partial charge >= 0.3 is 0 Å². The van der Waals surface area contributed by atoms with Crippen molar-refractivity contribution < 1.29 is 0 Å². The number of anilines is 9. The van der Waals surface area contributed by atoms with Crippen LogP contribution in [0.2, 0.25) is 0 Å². The van der Waals surface area contributed by atoms with Crippen LogP contribution in [0.5, 0.6) is 0 Å². The minimum absolute atomic E-state index is 0.117. The van der Waals surface area contributed by atoms with E-state index >= 15 is 0 Å². The number of hydrogen-bond acceptors (Lipinski definition) is 3. The van der Waals surface area contributed by atoms with E-state index in [0.29, 0.717) is 0 Å². The van der Waals surface area contributed by atoms with Crippen molar-refractivity contribution in [1.29, 1.82) is 0 Å². The molecule has 3 aliphatic rings. The molecule has 4 heteroatoms. The van der Waals surface area contributed by atoms with Gasteiger partial charge in [0, 0.05) is 56.1 Å². The largest absolute Gasteiger partial charge is 0.310 e. The Morgan fingerprint density at radius 2 is 0.504 bits per heavy atom. The molecule has 572 valence electrons. The first-order chi connectivity index (χ1) is 54.6. The Balaban J connectivity index is 1.09. The zero-order chi connectivity index (χ0) is 80.8. The van der Waals surface area contributed by atoms with Crippen LogP contribution in [0.25, 0.3) is 77.9 Å². The number of para-hydroxylation sites is 2. The van der Waals surface area contributed by atoms with Gasteiger partial charge in [0.05, 0.1) is 22.7 Å². The molecule has 14 aromatic rings. The van der Waals surface area contributed by atoms with Crippen LogP contribution in [-0.2, 0) is 37.9 Å². The maximum absolute atomic E-state index is 2.77. The van der Waals surface area contributed by atoms with Gasteiger partial charge in [-0.3, -0.25) is 0 Å². The summed E-state index contributed by atoms with van der Waals surface area (Å²) < 4.78 is 0. The normalized spacial score (nSPS) is 13.9. The highest BCUT2D eigenvalue weighted by Crippen LogP contribution is 2.58. The summed E-state index contributed by atoms with van der Waals surface area (Å²) in [6, 6.07) is 118. The lowest BCUT2D eigenvalue weighted by Crippen LogP contribution is -2.61. The van der Waals surface area contributed by atoms with E-state index < -0.39 is 5.41 Å². The summed E-state index contributed by atoms with van der Waals surface area (Å²) in [7, 11) is 0. The molecule has 0 radical (unpaired) electrons. The van der Waals surface area contributed by atoms with Crippen LogP contribution in [0, 0.1) is 0 Å². The minimum atomic E-state index is -0.397. The summed E-state index contributed by atoms with van der Waals surface area (Å²) in [6.45, 7) is 47.2. The van der Waals surface area contributed by atoms with Gasteiger partial charge in [0.15, 0.2) is 0 Å². The highest BCUT2D eigenvalue weighted by atomic mass is 15.2. The summed E-state index contributed by atoms with van der Waals surface area (Å²) in [5.41, 5.74) is 39.5. The Kier molecular flexibility index (Phi) is 18.5. The van der Waals surface area contributed by atoms with Crippen molar-refractivity contribution in [1.82, 2.24) is 0 Å². The molecule has 0 aromatic heterocycles. The highest BCUT2D eigenvalue weighted by Gasteiger charge is 2.47. The van der Waals surface area contributed by atoms with Gasteiger partial charge < -0.3 is 14.7 Å². The summed E-state index contributed by atoms with van der Waals surface area (Å²) >= 11 is 0. The van der Waals surface area contributed by atoms with Crippen LogP contribution >= 0.6 is 0 Å². The highest BCUT2D eigenvalue weighted by molar-refractivity contribution is 7.00. The molecule has 0 fully saturated rings. The number of hydrogen-bond donors (Lipinski definition) is 0. The van der Waals surface area contributed by atoms with Gasteiger partial charge in [0.1, 0.15) is 0 Å². The molecule has 0 unspecified atom stereocenters. The quantitative estimate of drug-likeness (QED) is 0.126. The Morgan fingerprint density at radius 3 is 0.861 bits per heavy atom. The first-order valence-corrected chi connectivity index (χ1v) is 41.7. The lowest BCUT2D eigenvalue weighted by atomic mass is 9.33. The van der Waals surface area contributed by atoms with Crippen LogP contribution < -0.4 is 31.1 Å². The van der Waals surface area contributed by atoms with Crippen molar-refractivity contribution in [3.63, 3.8) is 0 Å². The smallest absolute Gasteiger partial charge is 0.252 e. The Bertz CT molecular complexity index is 5620. The van der Waals surface area contributed by atoms with E-state index in [1.54, 1.807) is 0 Å². The maximum atomic E-state index is 2.77. The van der Waals surface area contributed by atoms with Crippen molar-refractivity contribution in [2.45, 2.75) is 176 Å². The molecule has 14 aromatic carbocycles. The average molecular weight is 1500 g/mol. The molecular weight excluding hydrogens is 1390 g/mol. The van der Waals surface area contributed by atoms with Crippen molar-refractivity contribution in [3.8, 4) is 77.9 Å². The molecule has 0 spiro atoms. The zero-order valence-corrected chi connectivity index (χ0v) is 71.3. The van der Waals surface area contributed by atoms with Crippen LogP contribution in [0.3, 0.4) is 0 Å². The monoisotopic (exact) mass is 1500 g/mol. The number of benzene rings is 14. The molecule has 0 amide bonds. The SMILES string of the molecule is CC(C)(C)c1cc(-c2ccc3c(c2)N(c2c(-c4ccccc4)cc(C(C)(C)C)cc2-c2ccccc2)c2cc(-c4ccc5c(c4)C(C)(C)c4ccccc4N5c4ccccc4)cc4c2B3c2ccc(-c3cc(C(C)(C)C)cc(C(C)(C)C)c3)cc2N4c2c(-c3ccccc3)cc(C(C)(C)C)cc2-c2ccccc2)cc(C(C)(C)C)c1. The summed E-state index contributed by atoms with van der Waals surface area (Å²) in [5, 5.41) is 0. The van der Waals surface area contributed by atoms with E-state index in [9.17, 15) is 0 Å². The first-order valence-electron chi connectivity index (χ1n) is 41.7. The Labute approximate surface area is 686 Å². The Morgan fingerprint density at radius 1 is 0.217 bits per heavy atom. The third-order valence-electron chi connectivity index (χ3n) is 24.9. The fraction of sp³-hybridized carbons (Fsp3) is 0.243. The third-order valence-corrected chi connectivity index (χ3v) is 24.9. The molecule has 115 heavy (non-hydrogen) atoms. The van der Waals surface area contributed by atoms with Gasteiger partial charge in [-0.15, -0.1) is 0 Å². The number of nitrogens with zero attached hydrogens (tertiary/aromatic N) is 3. The molecule has 0 bridgehead atoms. The standard InChI is InChI=1S/C111H110BN3/c1-105(2,3)81-56-78(57-82(65-81)106(4,5)6)76-50-53-94-98(61-76)114(103-88(71-38-26-21-27-39-71)67-85(109(13,14)15)68-89(103)72-40-28-22-29-41-72)100-63-80(75-52-55-97-93(60-75)111(19,20)92-48-36-37-49-96(92)113(97)87-46-34-25-35-47-87)64-101-102(100)112(94)95-54-51-77(79-58-83(107(7,8)9)66-84(59-79)108(10,11)12)62-99(95)115(101)104-90(73-42-30-23-31-43-73)69-86(110(16,17)18)70-91(104)74-44-32-24-33-45-74/h21-70H,1-20H3. The molecule has 0 aliphatic carbocycles. The number of rotatable bonds is 10. The van der Waals surface area contributed by atoms with Gasteiger partial charge in [-0.25, -0.2) is 0 Å². The minimum Gasteiger partial charge on any atom is -0.310 e. The topological polar surface area (TPSA) is 9.72 Å². The van der Waals surface area contributed by atoms with Gasteiger partial charge in [0.2, 0.25) is 0 Å². The van der Waals surface area contributed by atoms with Crippen LogP contribution in [0.4, 0.5) is 51.2 Å². The van der Waals surface area contributed by atoms with Crippen LogP contribution in [0.1, 0.15) is 183 Å². The summed E-state index contributed by atoms with van der Waals surface area (Å²) in [6.07, 6.45) is 0. The molecule has 0 N–H and O–H groups in total. The molecule has 0 saturated carbocycles. The molecule has 3 nitrogen and oxygen atoms in total. The maximum Gasteiger partial charge on any atom is 0.252 e. The predicted octanol–water partition coefficient (Wildman–Crippen LogP) is 29.3. The van der Waals surface area contributed by atoms with Gasteiger partial charge in [-0.1, -0.05) is 363 Å². The number of fused-ring (bicyclic) bond motifs is 6. The first kappa shape index (κ1) is 76.2. The van der Waals surface area contributed by atoms with Crippen molar-refractivity contribution in [2.75, 3.05) is 14.7 Å². The summed E-state index contributed by atoms with van der Waals surface area (Å²) in [5.74, 6) is 0. The molecular formula is C111H110BN3. The third kappa shape index (κ3) is 13.8. The predicted molar refractivity (Wildman–Crippen MR) is 498 cm³/mol. The van der Waals surface area contributed by atoms with E-state index in [0.717, 1.165) is 73.2 Å². The Hall–Kier alpha value is -11.5. The van der Waals surface area contributed by atoms with E-state index in [4.69, 9.17) is 0 Å². The fourth-order valence-electron chi connectivity index (χ4n) is 18.0. The van der Waals surface area contributed by atoms with E-state index in [1.165, 1.54) is 117 Å². The molecule has 3 aliphatic heterocycles. The summed E-state index contributed by atoms with van der Waals surface area (Å²) in [4.78, 5) is 8.03. The molecule has 0 saturated heterocycles. The van der Waals surface area contributed by atoms with E-state index in [-0.39, 0.29) is 39.2 Å². The lowest BCUT2D eigenvalue weighted by molar-refractivity contribution is 0.568. The van der Waals surface area contributed by atoms with Crippen molar-refractivity contribution in [2.24, 2.45) is 0 Å². The van der Waals surface area contributed by atoms with Crippen molar-refractivity contribution >= 4 is 74.3 Å². The van der Waals surface area contributed by atoms with Crippen molar-refractivity contribution in [3.05, 3.63) is 348 Å². The second kappa shape index (κ2) is 27.9. The second-order valence-electron chi connectivity index (χ2n) is 39.5. The second-order valence-corrected chi connectivity index (χ2v) is 39.5.